The van der Waals surface area contributed by atoms with Crippen molar-refractivity contribution in [1.82, 2.24) is 0 Å². The van der Waals surface area contributed by atoms with E-state index in [1.807, 2.05) is 0 Å². The van der Waals surface area contributed by atoms with Crippen LogP contribution in [0.15, 0.2) is 12.2 Å². The van der Waals surface area contributed by atoms with Crippen molar-refractivity contribution in [3.8, 4) is 0 Å². The van der Waals surface area contributed by atoms with Crippen LogP contribution >= 0.6 is 0 Å². The lowest BCUT2D eigenvalue weighted by molar-refractivity contribution is -0.118. The second kappa shape index (κ2) is 1.04. The van der Waals surface area contributed by atoms with Crippen LogP contribution in [0.4, 0.5) is 0 Å². The Labute approximate surface area is 48.4 Å². The van der Waals surface area contributed by atoms with Gasteiger partial charge in [-0.05, 0) is 12.3 Å². The molecule has 0 amide bonds. The van der Waals surface area contributed by atoms with Gasteiger partial charge >= 0.3 is 0 Å². The standard InChI is InChI=1S/C7H8O/c1-4-5-2-3-6(8)7(4)5/h5,7H,1-3H2. The molecule has 2 saturated carbocycles. The molecule has 0 bridgehead atoms. The van der Waals surface area contributed by atoms with Crippen LogP contribution in [0.1, 0.15) is 12.8 Å². The molecule has 0 saturated heterocycles. The Morgan fingerprint density at radius 1 is 1.62 bits per heavy atom. The number of carbonyl (C=O) groups excluding carboxylic acids is 1. The van der Waals surface area contributed by atoms with Crippen LogP contribution < -0.4 is 0 Å². The maximum absolute atomic E-state index is 10.8. The average Bonchev–Trinajstić information content (AvgIpc) is 2.13. The third-order valence-corrected chi connectivity index (χ3v) is 2.22. The first-order valence-corrected chi connectivity index (χ1v) is 3.02. The van der Waals surface area contributed by atoms with Crippen LogP contribution in [0.3, 0.4) is 0 Å². The van der Waals surface area contributed by atoms with Crippen molar-refractivity contribution >= 4 is 5.78 Å². The molecular formula is C7H8O. The zero-order chi connectivity index (χ0) is 5.72. The molecule has 8 heavy (non-hydrogen) atoms. The fourth-order valence-electron chi connectivity index (χ4n) is 1.61. The van der Waals surface area contributed by atoms with Crippen LogP contribution in [0.25, 0.3) is 0 Å². The number of ketones is 1. The summed E-state index contributed by atoms with van der Waals surface area (Å²) >= 11 is 0. The number of rotatable bonds is 0. The van der Waals surface area contributed by atoms with Gasteiger partial charge in [-0.15, -0.1) is 0 Å². The molecule has 1 heteroatoms. The van der Waals surface area contributed by atoms with E-state index in [0.717, 1.165) is 12.8 Å². The lowest BCUT2D eigenvalue weighted by Gasteiger charge is -1.85. The highest BCUT2D eigenvalue weighted by Crippen LogP contribution is 2.53. The predicted molar refractivity (Wildman–Crippen MR) is 30.4 cm³/mol. The molecule has 2 rings (SSSR count). The Hall–Kier alpha value is -0.590. The number of allylic oxidation sites excluding steroid dienone is 1. The third-order valence-electron chi connectivity index (χ3n) is 2.22. The minimum absolute atomic E-state index is 0.315. The first kappa shape index (κ1) is 4.30. The zero-order valence-electron chi connectivity index (χ0n) is 4.68. The van der Waals surface area contributed by atoms with Gasteiger partial charge in [0.05, 0.1) is 0 Å². The molecule has 0 radical (unpaired) electrons. The van der Waals surface area contributed by atoms with E-state index in [-0.39, 0.29) is 0 Å². The molecular weight excluding hydrogens is 100 g/mol. The van der Waals surface area contributed by atoms with E-state index in [9.17, 15) is 4.79 Å². The van der Waals surface area contributed by atoms with E-state index >= 15 is 0 Å². The van der Waals surface area contributed by atoms with E-state index in [1.54, 1.807) is 0 Å². The molecule has 2 atom stereocenters. The van der Waals surface area contributed by atoms with Gasteiger partial charge < -0.3 is 0 Å². The Morgan fingerprint density at radius 2 is 2.38 bits per heavy atom. The van der Waals surface area contributed by atoms with Gasteiger partial charge in [-0.25, -0.2) is 0 Å². The molecule has 0 spiro atoms. The van der Waals surface area contributed by atoms with Gasteiger partial charge in [-0.1, -0.05) is 12.2 Å². The summed E-state index contributed by atoms with van der Waals surface area (Å²) in [6, 6.07) is 0. The maximum Gasteiger partial charge on any atom is 0.140 e. The Balaban J connectivity index is 2.29. The van der Waals surface area contributed by atoms with Crippen LogP contribution in [0.5, 0.6) is 0 Å². The number of hydrogen-bond donors (Lipinski definition) is 0. The first-order valence-electron chi connectivity index (χ1n) is 3.02. The summed E-state index contributed by atoms with van der Waals surface area (Å²) in [4.78, 5) is 10.8. The molecule has 0 heterocycles. The van der Waals surface area contributed by atoms with Crippen molar-refractivity contribution in [3.63, 3.8) is 0 Å². The van der Waals surface area contributed by atoms with Gasteiger partial charge in [0, 0.05) is 12.3 Å². The maximum atomic E-state index is 10.8. The van der Waals surface area contributed by atoms with Crippen molar-refractivity contribution in [2.24, 2.45) is 11.8 Å². The number of hydrogen-bond acceptors (Lipinski definition) is 1. The van der Waals surface area contributed by atoms with Crippen molar-refractivity contribution in [2.45, 2.75) is 12.8 Å². The summed E-state index contributed by atoms with van der Waals surface area (Å²) in [7, 11) is 0. The highest BCUT2D eigenvalue weighted by Gasteiger charge is 2.51. The van der Waals surface area contributed by atoms with E-state index < -0.39 is 0 Å². The smallest absolute Gasteiger partial charge is 0.140 e. The molecule has 1 nitrogen and oxygen atoms in total. The normalized spacial score (nSPS) is 42.5. The second-order valence-corrected chi connectivity index (χ2v) is 2.66. The van der Waals surface area contributed by atoms with Gasteiger partial charge in [-0.2, -0.15) is 0 Å². The van der Waals surface area contributed by atoms with E-state index in [2.05, 4.69) is 6.58 Å². The van der Waals surface area contributed by atoms with Crippen LogP contribution in [0.2, 0.25) is 0 Å². The van der Waals surface area contributed by atoms with Gasteiger partial charge in [0.2, 0.25) is 0 Å². The fraction of sp³-hybridized carbons (Fsp3) is 0.571. The van der Waals surface area contributed by atoms with Crippen molar-refractivity contribution in [2.75, 3.05) is 0 Å². The Kier molecular flexibility index (Phi) is 0.561. The molecule has 0 aromatic rings. The summed E-state index contributed by atoms with van der Waals surface area (Å²) < 4.78 is 0. The van der Waals surface area contributed by atoms with E-state index in [4.69, 9.17) is 0 Å². The SMILES string of the molecule is C=C1C2CCC(=O)C12. The first-order chi connectivity index (χ1) is 3.80. The summed E-state index contributed by atoms with van der Waals surface area (Å²) in [5.74, 6) is 1.36. The zero-order valence-corrected chi connectivity index (χ0v) is 4.68. The van der Waals surface area contributed by atoms with Gasteiger partial charge in [0.1, 0.15) is 5.78 Å². The van der Waals surface area contributed by atoms with Crippen LogP contribution in [0, 0.1) is 11.8 Å². The summed E-state index contributed by atoms with van der Waals surface area (Å²) in [6.07, 6.45) is 1.90. The molecule has 2 aliphatic rings. The quantitative estimate of drug-likeness (QED) is 0.425. The molecule has 42 valence electrons. The van der Waals surface area contributed by atoms with Gasteiger partial charge in [0.25, 0.3) is 0 Å². The Morgan fingerprint density at radius 3 is 2.62 bits per heavy atom. The van der Waals surface area contributed by atoms with E-state index in [1.165, 1.54) is 5.57 Å². The molecule has 0 aromatic carbocycles. The molecule has 2 aliphatic carbocycles. The topological polar surface area (TPSA) is 17.1 Å². The predicted octanol–water partition coefficient (Wildman–Crippen LogP) is 1.15. The van der Waals surface area contributed by atoms with Crippen molar-refractivity contribution < 1.29 is 4.79 Å². The summed E-state index contributed by atoms with van der Waals surface area (Å²) in [6.45, 7) is 3.78. The number of Topliss-reactive ketones (excluding diaryl/α,β-unsaturated/α-hetero) is 1. The molecule has 2 fully saturated rings. The highest BCUT2D eigenvalue weighted by atomic mass is 16.1. The average molecular weight is 108 g/mol. The van der Waals surface area contributed by atoms with E-state index in [0.29, 0.717) is 17.6 Å². The minimum Gasteiger partial charge on any atom is -0.299 e. The highest BCUT2D eigenvalue weighted by molar-refractivity contribution is 5.91. The fourth-order valence-corrected chi connectivity index (χ4v) is 1.61. The third kappa shape index (κ3) is 0.310. The minimum atomic E-state index is 0.315. The van der Waals surface area contributed by atoms with Gasteiger partial charge in [0.15, 0.2) is 0 Å². The second-order valence-electron chi connectivity index (χ2n) is 2.66. The molecule has 0 N–H and O–H groups in total. The summed E-state index contributed by atoms with van der Waals surface area (Å²) in [5.41, 5.74) is 1.20. The molecule has 2 unspecified atom stereocenters. The summed E-state index contributed by atoms with van der Waals surface area (Å²) in [5, 5.41) is 0. The molecule has 0 aromatic heterocycles. The van der Waals surface area contributed by atoms with Crippen LogP contribution in [-0.2, 0) is 4.79 Å². The van der Waals surface area contributed by atoms with Gasteiger partial charge in [-0.3, -0.25) is 4.79 Å². The molecule has 0 aliphatic heterocycles. The largest absolute Gasteiger partial charge is 0.299 e. The lowest BCUT2D eigenvalue weighted by Crippen LogP contribution is -1.92. The van der Waals surface area contributed by atoms with Crippen LogP contribution in [-0.4, -0.2) is 5.78 Å². The van der Waals surface area contributed by atoms with Crippen molar-refractivity contribution in [1.29, 1.82) is 0 Å². The Bertz CT molecular complexity index is 169. The lowest BCUT2D eigenvalue weighted by atomic mass is 10.2. The monoisotopic (exact) mass is 108 g/mol. The number of fused-ring (bicyclic) bond motifs is 1. The van der Waals surface area contributed by atoms with Crippen molar-refractivity contribution in [3.05, 3.63) is 12.2 Å². The number of carbonyl (C=O) groups is 1.